The van der Waals surface area contributed by atoms with Gasteiger partial charge in [0.2, 0.25) is 5.91 Å². The Labute approximate surface area is 112 Å². The maximum absolute atomic E-state index is 12.2. The standard InChI is InChI=1S/C13H19N3OS/c1-3-5-13(9-14,6-4-2)12(17)16-8-11-7-15-10-18-11/h7,10H,3-6,8H2,1-2H3,(H,16,17). The molecule has 1 aromatic heterocycles. The van der Waals surface area contributed by atoms with E-state index in [2.05, 4.69) is 16.4 Å². The van der Waals surface area contributed by atoms with Crippen LogP contribution < -0.4 is 5.32 Å². The van der Waals surface area contributed by atoms with Crippen LogP contribution in [0.25, 0.3) is 0 Å². The molecular weight excluding hydrogens is 246 g/mol. The molecule has 1 aromatic rings. The summed E-state index contributed by atoms with van der Waals surface area (Å²) in [6.07, 6.45) is 4.64. The molecule has 1 rings (SSSR count). The zero-order chi connectivity index (χ0) is 13.4. The van der Waals surface area contributed by atoms with Crippen molar-refractivity contribution in [3.63, 3.8) is 0 Å². The first-order valence-corrected chi connectivity index (χ1v) is 7.13. The van der Waals surface area contributed by atoms with Crippen LogP contribution in [0.15, 0.2) is 11.7 Å². The molecule has 0 aliphatic carbocycles. The van der Waals surface area contributed by atoms with Gasteiger partial charge in [-0.3, -0.25) is 9.78 Å². The molecule has 0 aliphatic heterocycles. The van der Waals surface area contributed by atoms with Crippen LogP contribution in [0.4, 0.5) is 0 Å². The number of nitrogens with zero attached hydrogens (tertiary/aromatic N) is 2. The lowest BCUT2D eigenvalue weighted by Gasteiger charge is -2.24. The Kier molecular flexibility index (Phi) is 5.79. The Morgan fingerprint density at radius 1 is 1.50 bits per heavy atom. The van der Waals surface area contributed by atoms with E-state index in [1.54, 1.807) is 11.7 Å². The zero-order valence-corrected chi connectivity index (χ0v) is 11.7. The van der Waals surface area contributed by atoms with Crippen molar-refractivity contribution in [2.45, 2.75) is 46.1 Å². The van der Waals surface area contributed by atoms with Crippen molar-refractivity contribution in [1.29, 1.82) is 5.26 Å². The average Bonchev–Trinajstić information content (AvgIpc) is 2.88. The number of nitrogens with one attached hydrogen (secondary N) is 1. The van der Waals surface area contributed by atoms with Gasteiger partial charge in [0.15, 0.2) is 0 Å². The van der Waals surface area contributed by atoms with Crippen molar-refractivity contribution >= 4 is 17.2 Å². The SMILES string of the molecule is CCCC(C#N)(CCC)C(=O)NCc1cncs1. The minimum absolute atomic E-state index is 0.151. The Hall–Kier alpha value is -1.41. The quantitative estimate of drug-likeness (QED) is 0.824. The van der Waals surface area contributed by atoms with E-state index in [0.29, 0.717) is 19.4 Å². The van der Waals surface area contributed by atoms with Crippen molar-refractivity contribution in [3.8, 4) is 6.07 Å². The van der Waals surface area contributed by atoms with Crippen molar-refractivity contribution in [2.24, 2.45) is 5.41 Å². The van der Waals surface area contributed by atoms with Gasteiger partial charge in [-0.25, -0.2) is 0 Å². The van der Waals surface area contributed by atoms with Gasteiger partial charge in [0, 0.05) is 11.1 Å². The third-order valence-corrected chi connectivity index (χ3v) is 3.69. The van der Waals surface area contributed by atoms with Gasteiger partial charge in [-0.1, -0.05) is 26.7 Å². The van der Waals surface area contributed by atoms with Crippen LogP contribution in [-0.4, -0.2) is 10.9 Å². The van der Waals surface area contributed by atoms with E-state index < -0.39 is 5.41 Å². The Bertz CT molecular complexity index is 402. The number of rotatable bonds is 7. The zero-order valence-electron chi connectivity index (χ0n) is 10.9. The smallest absolute Gasteiger partial charge is 0.240 e. The van der Waals surface area contributed by atoms with Crippen molar-refractivity contribution in [3.05, 3.63) is 16.6 Å². The number of thiazole rings is 1. The Morgan fingerprint density at radius 3 is 2.61 bits per heavy atom. The molecule has 0 unspecified atom stereocenters. The highest BCUT2D eigenvalue weighted by Crippen LogP contribution is 2.29. The van der Waals surface area contributed by atoms with Crippen LogP contribution >= 0.6 is 11.3 Å². The predicted molar refractivity (Wildman–Crippen MR) is 71.8 cm³/mol. The van der Waals surface area contributed by atoms with Gasteiger partial charge < -0.3 is 5.32 Å². The molecule has 1 N–H and O–H groups in total. The van der Waals surface area contributed by atoms with Crippen molar-refractivity contribution in [1.82, 2.24) is 10.3 Å². The van der Waals surface area contributed by atoms with Crippen LogP contribution in [0.2, 0.25) is 0 Å². The second kappa shape index (κ2) is 7.12. The molecule has 4 nitrogen and oxygen atoms in total. The Morgan fingerprint density at radius 2 is 2.17 bits per heavy atom. The number of hydrogen-bond acceptors (Lipinski definition) is 4. The van der Waals surface area contributed by atoms with Gasteiger partial charge in [0.25, 0.3) is 0 Å². The average molecular weight is 265 g/mol. The third-order valence-electron chi connectivity index (χ3n) is 2.91. The molecular formula is C13H19N3OS. The minimum atomic E-state index is -0.867. The molecule has 0 aromatic carbocycles. The van der Waals surface area contributed by atoms with E-state index in [1.165, 1.54) is 11.3 Å². The summed E-state index contributed by atoms with van der Waals surface area (Å²) in [4.78, 5) is 17.2. The summed E-state index contributed by atoms with van der Waals surface area (Å²) in [5, 5.41) is 12.2. The van der Waals surface area contributed by atoms with Crippen LogP contribution in [0.3, 0.4) is 0 Å². The van der Waals surface area contributed by atoms with Gasteiger partial charge in [0.1, 0.15) is 5.41 Å². The van der Waals surface area contributed by atoms with Gasteiger partial charge >= 0.3 is 0 Å². The maximum atomic E-state index is 12.2. The number of amides is 1. The number of hydrogen-bond donors (Lipinski definition) is 1. The van der Waals surface area contributed by atoms with Gasteiger partial charge in [0.05, 0.1) is 18.1 Å². The summed E-state index contributed by atoms with van der Waals surface area (Å²) in [5.41, 5.74) is 0.866. The fourth-order valence-electron chi connectivity index (χ4n) is 2.03. The number of carbonyl (C=O) groups excluding carboxylic acids is 1. The predicted octanol–water partition coefficient (Wildman–Crippen LogP) is 2.87. The molecule has 0 radical (unpaired) electrons. The molecule has 0 bridgehead atoms. The molecule has 0 spiro atoms. The molecule has 5 heteroatoms. The van der Waals surface area contributed by atoms with Gasteiger partial charge in [-0.05, 0) is 12.8 Å². The topological polar surface area (TPSA) is 65.8 Å². The molecule has 0 atom stereocenters. The lowest BCUT2D eigenvalue weighted by Crippen LogP contribution is -2.39. The van der Waals surface area contributed by atoms with Gasteiger partial charge in [-0.15, -0.1) is 11.3 Å². The normalized spacial score (nSPS) is 10.9. The molecule has 0 saturated carbocycles. The number of nitriles is 1. The molecule has 0 saturated heterocycles. The highest BCUT2D eigenvalue weighted by Gasteiger charge is 2.36. The van der Waals surface area contributed by atoms with E-state index in [1.807, 2.05) is 13.8 Å². The molecule has 18 heavy (non-hydrogen) atoms. The summed E-state index contributed by atoms with van der Waals surface area (Å²) in [5.74, 6) is -0.151. The fourth-order valence-corrected chi connectivity index (χ4v) is 2.57. The summed E-state index contributed by atoms with van der Waals surface area (Å²) < 4.78 is 0. The highest BCUT2D eigenvalue weighted by molar-refractivity contribution is 7.09. The lowest BCUT2D eigenvalue weighted by molar-refractivity contribution is -0.129. The van der Waals surface area contributed by atoms with E-state index in [9.17, 15) is 10.1 Å². The van der Waals surface area contributed by atoms with E-state index in [0.717, 1.165) is 17.7 Å². The van der Waals surface area contributed by atoms with Crippen LogP contribution in [0.5, 0.6) is 0 Å². The number of aromatic nitrogens is 1. The summed E-state index contributed by atoms with van der Waals surface area (Å²) in [6.45, 7) is 4.46. The minimum Gasteiger partial charge on any atom is -0.350 e. The summed E-state index contributed by atoms with van der Waals surface area (Å²) >= 11 is 1.50. The summed E-state index contributed by atoms with van der Waals surface area (Å²) in [6, 6.07) is 2.22. The van der Waals surface area contributed by atoms with Crippen LogP contribution in [-0.2, 0) is 11.3 Å². The lowest BCUT2D eigenvalue weighted by atomic mass is 9.80. The molecule has 0 fully saturated rings. The second-order valence-electron chi connectivity index (χ2n) is 4.34. The molecule has 0 aliphatic rings. The number of carbonyl (C=O) groups is 1. The van der Waals surface area contributed by atoms with Crippen molar-refractivity contribution in [2.75, 3.05) is 0 Å². The highest BCUT2D eigenvalue weighted by atomic mass is 32.1. The largest absolute Gasteiger partial charge is 0.350 e. The van der Waals surface area contributed by atoms with Crippen molar-refractivity contribution < 1.29 is 4.79 Å². The molecule has 1 amide bonds. The Balaban J connectivity index is 2.67. The van der Waals surface area contributed by atoms with Crippen LogP contribution in [0, 0.1) is 16.7 Å². The first kappa shape index (κ1) is 14.7. The third kappa shape index (κ3) is 3.54. The maximum Gasteiger partial charge on any atom is 0.240 e. The first-order chi connectivity index (χ1) is 8.68. The second-order valence-corrected chi connectivity index (χ2v) is 5.32. The summed E-state index contributed by atoms with van der Waals surface area (Å²) in [7, 11) is 0. The molecule has 1 heterocycles. The first-order valence-electron chi connectivity index (χ1n) is 6.25. The van der Waals surface area contributed by atoms with E-state index in [-0.39, 0.29) is 5.91 Å². The fraction of sp³-hybridized carbons (Fsp3) is 0.615. The van der Waals surface area contributed by atoms with Crippen LogP contribution in [0.1, 0.15) is 44.4 Å². The molecule has 98 valence electrons. The monoisotopic (exact) mass is 265 g/mol. The van der Waals surface area contributed by atoms with E-state index in [4.69, 9.17) is 0 Å². The van der Waals surface area contributed by atoms with Gasteiger partial charge in [-0.2, -0.15) is 5.26 Å². The van der Waals surface area contributed by atoms with E-state index >= 15 is 0 Å².